The number of carbonyl (C=O) groups is 1. The van der Waals surface area contributed by atoms with Gasteiger partial charge in [0.2, 0.25) is 5.91 Å². The fourth-order valence-corrected chi connectivity index (χ4v) is 1.52. The first-order chi connectivity index (χ1) is 7.54. The fourth-order valence-electron chi connectivity index (χ4n) is 1.52. The van der Waals surface area contributed by atoms with Crippen molar-refractivity contribution in [3.8, 4) is 0 Å². The Balaban J connectivity index is 2.74. The molecular formula is C12H19N3O. The average molecular weight is 221 g/mol. The van der Waals surface area contributed by atoms with Crippen molar-refractivity contribution in [3.05, 3.63) is 29.6 Å². The maximum absolute atomic E-state index is 11.7. The molecule has 0 bridgehead atoms. The van der Waals surface area contributed by atoms with Crippen LogP contribution in [0.3, 0.4) is 0 Å². The number of nitrogens with zero attached hydrogens (tertiary/aromatic N) is 2. The SMILES string of the molecule is CCN(Cc1cccc(C)n1)C(=O)[C@H](C)N. The second-order valence-electron chi connectivity index (χ2n) is 3.91. The molecule has 0 saturated heterocycles. The van der Waals surface area contributed by atoms with Crippen LogP contribution < -0.4 is 5.73 Å². The Morgan fingerprint density at radius 1 is 1.56 bits per heavy atom. The number of likely N-dealkylation sites (N-methyl/N-ethyl adjacent to an activating group) is 1. The van der Waals surface area contributed by atoms with Crippen molar-refractivity contribution in [1.82, 2.24) is 9.88 Å². The normalized spacial score (nSPS) is 12.2. The largest absolute Gasteiger partial charge is 0.336 e. The molecule has 1 rings (SSSR count). The number of aromatic nitrogens is 1. The summed E-state index contributed by atoms with van der Waals surface area (Å²) < 4.78 is 0. The standard InChI is InChI=1S/C12H19N3O/c1-4-15(12(16)10(3)13)8-11-7-5-6-9(2)14-11/h5-7,10H,4,8,13H2,1-3H3/t10-/m0/s1. The molecule has 0 aliphatic rings. The number of rotatable bonds is 4. The van der Waals surface area contributed by atoms with Crippen molar-refractivity contribution < 1.29 is 4.79 Å². The van der Waals surface area contributed by atoms with E-state index in [1.165, 1.54) is 0 Å². The van der Waals surface area contributed by atoms with Crippen LogP contribution in [-0.2, 0) is 11.3 Å². The third-order valence-electron chi connectivity index (χ3n) is 2.38. The Kier molecular flexibility index (Phi) is 4.43. The molecule has 2 N–H and O–H groups in total. The van der Waals surface area contributed by atoms with Gasteiger partial charge >= 0.3 is 0 Å². The predicted molar refractivity (Wildman–Crippen MR) is 63.7 cm³/mol. The van der Waals surface area contributed by atoms with Crippen molar-refractivity contribution >= 4 is 5.91 Å². The molecule has 1 aromatic heterocycles. The van der Waals surface area contributed by atoms with Crippen molar-refractivity contribution in [2.45, 2.75) is 33.4 Å². The van der Waals surface area contributed by atoms with E-state index in [9.17, 15) is 4.79 Å². The Bertz CT molecular complexity index is 363. The Morgan fingerprint density at radius 2 is 2.25 bits per heavy atom. The van der Waals surface area contributed by atoms with Gasteiger partial charge in [0.25, 0.3) is 0 Å². The molecule has 0 unspecified atom stereocenters. The van der Waals surface area contributed by atoms with E-state index >= 15 is 0 Å². The number of nitrogens with two attached hydrogens (primary N) is 1. The zero-order valence-electron chi connectivity index (χ0n) is 10.1. The molecule has 88 valence electrons. The maximum atomic E-state index is 11.7. The molecule has 0 aliphatic heterocycles. The van der Waals surface area contributed by atoms with Crippen LogP contribution in [0.4, 0.5) is 0 Å². The van der Waals surface area contributed by atoms with Gasteiger partial charge in [-0.3, -0.25) is 9.78 Å². The van der Waals surface area contributed by atoms with Gasteiger partial charge in [0.1, 0.15) is 0 Å². The molecule has 1 heterocycles. The van der Waals surface area contributed by atoms with Gasteiger partial charge in [0.15, 0.2) is 0 Å². The van der Waals surface area contributed by atoms with Crippen LogP contribution in [0.25, 0.3) is 0 Å². The first-order valence-corrected chi connectivity index (χ1v) is 5.51. The van der Waals surface area contributed by atoms with Gasteiger partial charge in [0.05, 0.1) is 18.3 Å². The van der Waals surface area contributed by atoms with Gasteiger partial charge in [-0.05, 0) is 32.9 Å². The second-order valence-corrected chi connectivity index (χ2v) is 3.91. The van der Waals surface area contributed by atoms with Crippen molar-refractivity contribution in [2.24, 2.45) is 5.73 Å². The van der Waals surface area contributed by atoms with E-state index in [4.69, 9.17) is 5.73 Å². The highest BCUT2D eigenvalue weighted by Gasteiger charge is 2.16. The molecule has 0 radical (unpaired) electrons. The lowest BCUT2D eigenvalue weighted by atomic mass is 10.2. The van der Waals surface area contributed by atoms with Crippen LogP contribution in [0, 0.1) is 6.92 Å². The molecule has 0 aliphatic carbocycles. The van der Waals surface area contributed by atoms with E-state index in [1.54, 1.807) is 11.8 Å². The predicted octanol–water partition coefficient (Wildman–Crippen LogP) is 1.09. The summed E-state index contributed by atoms with van der Waals surface area (Å²) in [5.41, 5.74) is 7.44. The number of carbonyl (C=O) groups excluding carboxylic acids is 1. The molecule has 4 nitrogen and oxygen atoms in total. The van der Waals surface area contributed by atoms with E-state index in [0.29, 0.717) is 13.1 Å². The number of pyridine rings is 1. The van der Waals surface area contributed by atoms with E-state index in [-0.39, 0.29) is 5.91 Å². The fraction of sp³-hybridized carbons (Fsp3) is 0.500. The molecule has 1 amide bonds. The van der Waals surface area contributed by atoms with E-state index in [2.05, 4.69) is 4.98 Å². The highest BCUT2D eigenvalue weighted by Crippen LogP contribution is 2.04. The summed E-state index contributed by atoms with van der Waals surface area (Å²) in [6, 6.07) is 5.35. The summed E-state index contributed by atoms with van der Waals surface area (Å²) in [5.74, 6) is -0.0363. The topological polar surface area (TPSA) is 59.2 Å². The van der Waals surface area contributed by atoms with E-state index in [0.717, 1.165) is 11.4 Å². The zero-order valence-corrected chi connectivity index (χ0v) is 10.1. The Hall–Kier alpha value is -1.42. The molecule has 1 atom stereocenters. The summed E-state index contributed by atoms with van der Waals surface area (Å²) >= 11 is 0. The van der Waals surface area contributed by atoms with Gasteiger partial charge in [-0.25, -0.2) is 0 Å². The highest BCUT2D eigenvalue weighted by atomic mass is 16.2. The minimum absolute atomic E-state index is 0.0363. The van der Waals surface area contributed by atoms with Crippen LogP contribution in [0.2, 0.25) is 0 Å². The smallest absolute Gasteiger partial charge is 0.239 e. The molecule has 0 spiro atoms. The Labute approximate surface area is 96.5 Å². The molecular weight excluding hydrogens is 202 g/mol. The van der Waals surface area contributed by atoms with Crippen LogP contribution in [0.5, 0.6) is 0 Å². The van der Waals surface area contributed by atoms with Crippen molar-refractivity contribution in [3.63, 3.8) is 0 Å². The van der Waals surface area contributed by atoms with Crippen molar-refractivity contribution in [2.75, 3.05) is 6.54 Å². The molecule has 1 aromatic rings. The van der Waals surface area contributed by atoms with Gasteiger partial charge in [-0.1, -0.05) is 6.07 Å². The van der Waals surface area contributed by atoms with Gasteiger partial charge < -0.3 is 10.6 Å². The number of amides is 1. The molecule has 4 heteroatoms. The Morgan fingerprint density at radius 3 is 2.75 bits per heavy atom. The lowest BCUT2D eigenvalue weighted by Gasteiger charge is -2.22. The average Bonchev–Trinajstić information content (AvgIpc) is 2.25. The zero-order chi connectivity index (χ0) is 12.1. The summed E-state index contributed by atoms with van der Waals surface area (Å²) in [4.78, 5) is 17.8. The van der Waals surface area contributed by atoms with Crippen LogP contribution >= 0.6 is 0 Å². The number of hydrogen-bond donors (Lipinski definition) is 1. The minimum atomic E-state index is -0.454. The van der Waals surface area contributed by atoms with Gasteiger partial charge in [0, 0.05) is 12.2 Å². The van der Waals surface area contributed by atoms with Gasteiger partial charge in [-0.2, -0.15) is 0 Å². The molecule has 0 aromatic carbocycles. The number of hydrogen-bond acceptors (Lipinski definition) is 3. The first-order valence-electron chi connectivity index (χ1n) is 5.51. The third-order valence-corrected chi connectivity index (χ3v) is 2.38. The second kappa shape index (κ2) is 5.61. The molecule has 16 heavy (non-hydrogen) atoms. The maximum Gasteiger partial charge on any atom is 0.239 e. The lowest BCUT2D eigenvalue weighted by molar-refractivity contribution is -0.132. The summed E-state index contributed by atoms with van der Waals surface area (Å²) in [6.45, 7) is 6.76. The lowest BCUT2D eigenvalue weighted by Crippen LogP contribution is -2.41. The van der Waals surface area contributed by atoms with Crippen molar-refractivity contribution in [1.29, 1.82) is 0 Å². The quantitative estimate of drug-likeness (QED) is 0.827. The molecule has 0 saturated carbocycles. The van der Waals surface area contributed by atoms with Crippen LogP contribution in [0.15, 0.2) is 18.2 Å². The number of aryl methyl sites for hydroxylation is 1. The van der Waals surface area contributed by atoms with Crippen LogP contribution in [-0.4, -0.2) is 28.4 Å². The van der Waals surface area contributed by atoms with E-state index < -0.39 is 6.04 Å². The summed E-state index contributed by atoms with van der Waals surface area (Å²) in [7, 11) is 0. The van der Waals surface area contributed by atoms with Gasteiger partial charge in [-0.15, -0.1) is 0 Å². The summed E-state index contributed by atoms with van der Waals surface area (Å²) in [6.07, 6.45) is 0. The monoisotopic (exact) mass is 221 g/mol. The minimum Gasteiger partial charge on any atom is -0.336 e. The highest BCUT2D eigenvalue weighted by molar-refractivity contribution is 5.81. The van der Waals surface area contributed by atoms with E-state index in [1.807, 2.05) is 32.0 Å². The van der Waals surface area contributed by atoms with Crippen LogP contribution in [0.1, 0.15) is 25.2 Å². The third kappa shape index (κ3) is 3.31. The first kappa shape index (κ1) is 12.6. The summed E-state index contributed by atoms with van der Waals surface area (Å²) in [5, 5.41) is 0. The molecule has 0 fully saturated rings.